The van der Waals surface area contributed by atoms with Gasteiger partial charge in [-0.05, 0) is 53.0 Å². The minimum absolute atomic E-state index is 0.00241. The first-order valence-electron chi connectivity index (χ1n) is 11.1. The molecule has 2 atom stereocenters. The smallest absolute Gasteiger partial charge is 0.411 e. The maximum absolute atomic E-state index is 13.4. The van der Waals surface area contributed by atoms with Crippen molar-refractivity contribution in [2.45, 2.75) is 71.6 Å². The molecule has 0 N–H and O–H groups in total. The number of benzene rings is 1. The minimum Gasteiger partial charge on any atom is -0.444 e. The van der Waals surface area contributed by atoms with Crippen molar-refractivity contribution >= 4 is 34.6 Å². The number of thiazole rings is 2. The van der Waals surface area contributed by atoms with E-state index in [1.54, 1.807) is 16.2 Å². The van der Waals surface area contributed by atoms with Crippen LogP contribution in [-0.2, 0) is 16.0 Å². The van der Waals surface area contributed by atoms with Gasteiger partial charge in [-0.25, -0.2) is 14.8 Å². The van der Waals surface area contributed by atoms with E-state index < -0.39 is 17.7 Å². The number of likely N-dealkylation sites (tertiary alicyclic amines) is 1. The molecular weight excluding hydrogens is 454 g/mol. The summed E-state index contributed by atoms with van der Waals surface area (Å²) in [5.41, 5.74) is 2.21. The van der Waals surface area contributed by atoms with Crippen LogP contribution < -0.4 is 0 Å². The Bertz CT molecular complexity index is 1150. The maximum atomic E-state index is 13.4. The largest absolute Gasteiger partial charge is 0.444 e. The summed E-state index contributed by atoms with van der Waals surface area (Å²) in [6, 6.07) is 9.17. The minimum atomic E-state index is -0.635. The van der Waals surface area contributed by atoms with Crippen molar-refractivity contribution in [2.24, 2.45) is 0 Å². The van der Waals surface area contributed by atoms with E-state index in [-0.39, 0.29) is 18.2 Å². The number of ether oxygens (including phenoxy) is 1. The molecule has 1 aliphatic heterocycles. The molecule has 33 heavy (non-hydrogen) atoms. The van der Waals surface area contributed by atoms with Crippen molar-refractivity contribution < 1.29 is 14.3 Å². The van der Waals surface area contributed by atoms with Crippen molar-refractivity contribution in [2.75, 3.05) is 0 Å². The molecular formula is C25H29N3O3S2. The number of aryl methyl sites for hydroxylation is 2. The summed E-state index contributed by atoms with van der Waals surface area (Å²) in [5, 5.41) is 3.74. The Labute approximate surface area is 202 Å². The molecule has 0 bridgehead atoms. The highest BCUT2D eigenvalue weighted by molar-refractivity contribution is 7.16. The van der Waals surface area contributed by atoms with E-state index in [1.165, 1.54) is 11.3 Å². The van der Waals surface area contributed by atoms with Crippen molar-refractivity contribution in [3.05, 3.63) is 57.0 Å². The molecule has 0 saturated carbocycles. The van der Waals surface area contributed by atoms with E-state index in [1.807, 2.05) is 70.3 Å². The van der Waals surface area contributed by atoms with Crippen molar-refractivity contribution in [3.63, 3.8) is 0 Å². The third-order valence-corrected chi connectivity index (χ3v) is 7.50. The molecule has 1 amide bonds. The van der Waals surface area contributed by atoms with Gasteiger partial charge < -0.3 is 4.74 Å². The summed E-state index contributed by atoms with van der Waals surface area (Å²) in [5.74, 6) is -0.00241. The number of carbonyl (C=O) groups excluding carboxylic acids is 2. The molecule has 8 heteroatoms. The summed E-state index contributed by atoms with van der Waals surface area (Å²) in [7, 11) is 0. The number of carbonyl (C=O) groups is 2. The molecule has 3 heterocycles. The molecule has 0 unspecified atom stereocenters. The van der Waals surface area contributed by atoms with Crippen molar-refractivity contribution in [1.29, 1.82) is 0 Å². The lowest BCUT2D eigenvalue weighted by Gasteiger charge is -2.32. The highest BCUT2D eigenvalue weighted by atomic mass is 32.1. The van der Waals surface area contributed by atoms with Crippen LogP contribution in [0, 0.1) is 13.8 Å². The quantitative estimate of drug-likeness (QED) is 0.436. The van der Waals surface area contributed by atoms with Gasteiger partial charge in [0.25, 0.3) is 0 Å². The van der Waals surface area contributed by atoms with E-state index in [0.29, 0.717) is 6.42 Å². The number of ketones is 1. The lowest BCUT2D eigenvalue weighted by atomic mass is 10.0. The van der Waals surface area contributed by atoms with Crippen LogP contribution in [0.2, 0.25) is 0 Å². The number of Topliss-reactive ketones (excluding diaryl/α,β-unsaturated/α-hetero) is 1. The van der Waals surface area contributed by atoms with E-state index in [0.717, 1.165) is 38.3 Å². The maximum Gasteiger partial charge on any atom is 0.411 e. The standard InChI is InChI=1S/C25H29N3O3S2/c1-15-23(33-16(2)26-15)18-14-32-22(27-18)13-21(29)20-12-11-19(17-9-7-6-8-10-17)28(20)24(30)31-25(3,4)5/h6-10,14,19-20H,11-13H2,1-5H3/t19-,20+/m1/s1. The third-order valence-electron chi connectivity index (χ3n) is 5.56. The van der Waals surface area contributed by atoms with E-state index in [4.69, 9.17) is 9.72 Å². The van der Waals surface area contributed by atoms with Gasteiger partial charge >= 0.3 is 6.09 Å². The Hall–Kier alpha value is -2.58. The number of hydrogen-bond acceptors (Lipinski definition) is 7. The van der Waals surface area contributed by atoms with Crippen molar-refractivity contribution in [3.8, 4) is 10.6 Å². The number of aromatic nitrogens is 2. The molecule has 174 valence electrons. The molecule has 4 rings (SSSR count). The number of nitrogens with zero attached hydrogens (tertiary/aromatic N) is 3. The zero-order chi connectivity index (χ0) is 23.8. The zero-order valence-corrected chi connectivity index (χ0v) is 21.3. The molecule has 0 radical (unpaired) electrons. The number of amides is 1. The highest BCUT2D eigenvalue weighted by Crippen LogP contribution is 2.38. The van der Waals surface area contributed by atoms with E-state index >= 15 is 0 Å². The van der Waals surface area contributed by atoms with Crippen LogP contribution >= 0.6 is 22.7 Å². The fraction of sp³-hybridized carbons (Fsp3) is 0.440. The predicted octanol–water partition coefficient (Wildman–Crippen LogP) is 6.14. The summed E-state index contributed by atoms with van der Waals surface area (Å²) < 4.78 is 5.70. The molecule has 0 spiro atoms. The van der Waals surface area contributed by atoms with Crippen molar-refractivity contribution in [1.82, 2.24) is 14.9 Å². The monoisotopic (exact) mass is 483 g/mol. The molecule has 3 aromatic rings. The van der Waals surface area contributed by atoms with Crippen LogP contribution in [0.25, 0.3) is 10.6 Å². The number of hydrogen-bond donors (Lipinski definition) is 0. The topological polar surface area (TPSA) is 72.4 Å². The van der Waals surface area contributed by atoms with Gasteiger partial charge in [0.2, 0.25) is 0 Å². The Balaban J connectivity index is 1.55. The molecule has 1 aromatic carbocycles. The van der Waals surface area contributed by atoms with Gasteiger partial charge in [-0.2, -0.15) is 0 Å². The molecule has 1 fully saturated rings. The second kappa shape index (κ2) is 9.35. The Morgan fingerprint density at radius 1 is 1.12 bits per heavy atom. The van der Waals surface area contributed by atoms with Gasteiger partial charge in [0, 0.05) is 5.38 Å². The fourth-order valence-corrected chi connectivity index (χ4v) is 5.98. The Morgan fingerprint density at radius 2 is 1.85 bits per heavy atom. The first-order chi connectivity index (χ1) is 15.6. The van der Waals surface area contributed by atoms with Crippen LogP contribution in [-0.4, -0.2) is 38.4 Å². The normalized spacial score (nSPS) is 18.5. The van der Waals surface area contributed by atoms with E-state index in [2.05, 4.69) is 4.98 Å². The van der Waals surface area contributed by atoms with Crippen LogP contribution in [0.15, 0.2) is 35.7 Å². The fourth-order valence-electron chi connectivity index (χ4n) is 4.23. The lowest BCUT2D eigenvalue weighted by molar-refractivity contribution is -0.123. The van der Waals surface area contributed by atoms with Gasteiger partial charge in [-0.3, -0.25) is 9.69 Å². The molecule has 0 aliphatic carbocycles. The van der Waals surface area contributed by atoms with Crippen LogP contribution in [0.4, 0.5) is 4.79 Å². The number of rotatable bonds is 5. The van der Waals surface area contributed by atoms with Gasteiger partial charge in [0.1, 0.15) is 10.6 Å². The average molecular weight is 484 g/mol. The summed E-state index contributed by atoms with van der Waals surface area (Å²) >= 11 is 3.09. The van der Waals surface area contributed by atoms with Gasteiger partial charge in [0.15, 0.2) is 5.78 Å². The highest BCUT2D eigenvalue weighted by Gasteiger charge is 2.43. The first-order valence-corrected chi connectivity index (χ1v) is 12.8. The van der Waals surface area contributed by atoms with Gasteiger partial charge in [0.05, 0.1) is 39.8 Å². The summed E-state index contributed by atoms with van der Waals surface area (Å²) in [6.07, 6.45) is 1.10. The molecule has 2 aromatic heterocycles. The Kier molecular flexibility index (Phi) is 6.68. The van der Waals surface area contributed by atoms with Crippen LogP contribution in [0.3, 0.4) is 0 Å². The van der Waals surface area contributed by atoms with Crippen LogP contribution in [0.5, 0.6) is 0 Å². The van der Waals surface area contributed by atoms with Crippen LogP contribution in [0.1, 0.15) is 60.9 Å². The second-order valence-electron chi connectivity index (χ2n) is 9.32. The predicted molar refractivity (Wildman–Crippen MR) is 132 cm³/mol. The molecule has 6 nitrogen and oxygen atoms in total. The molecule has 1 saturated heterocycles. The lowest BCUT2D eigenvalue weighted by Crippen LogP contribution is -2.45. The zero-order valence-electron chi connectivity index (χ0n) is 19.6. The average Bonchev–Trinajstić information content (AvgIpc) is 3.45. The second-order valence-corrected chi connectivity index (χ2v) is 11.5. The van der Waals surface area contributed by atoms with Gasteiger partial charge in [-0.1, -0.05) is 30.3 Å². The first kappa shape index (κ1) is 23.6. The molecule has 1 aliphatic rings. The summed E-state index contributed by atoms with van der Waals surface area (Å²) in [6.45, 7) is 9.48. The SMILES string of the molecule is Cc1nc(C)c(-c2csc(CC(=O)[C@@H]3CC[C@H](c4ccccc4)N3C(=O)OC(C)(C)C)n2)s1. The summed E-state index contributed by atoms with van der Waals surface area (Å²) in [4.78, 5) is 38.4. The third kappa shape index (κ3) is 5.33. The van der Waals surface area contributed by atoms with Gasteiger partial charge in [-0.15, -0.1) is 22.7 Å². The Morgan fingerprint density at radius 3 is 2.48 bits per heavy atom. The van der Waals surface area contributed by atoms with E-state index in [9.17, 15) is 9.59 Å².